The molecule has 0 saturated carbocycles. The summed E-state index contributed by atoms with van der Waals surface area (Å²) in [6.07, 6.45) is 2.68. The Morgan fingerprint density at radius 1 is 1.04 bits per heavy atom. The zero-order valence-electron chi connectivity index (χ0n) is 27.0. The Labute approximate surface area is 278 Å². The van der Waals surface area contributed by atoms with Gasteiger partial charge in [0.1, 0.15) is 11.6 Å². The number of benzene rings is 2. The lowest BCUT2D eigenvalue weighted by Gasteiger charge is -2.27. The van der Waals surface area contributed by atoms with Gasteiger partial charge in [0.15, 0.2) is 5.82 Å². The highest BCUT2D eigenvalue weighted by atomic mass is 32.2. The van der Waals surface area contributed by atoms with E-state index < -0.39 is 44.7 Å². The molecule has 258 valence electrons. The Bertz CT molecular complexity index is 1770. The van der Waals surface area contributed by atoms with Crippen molar-refractivity contribution in [3.05, 3.63) is 70.4 Å². The molecule has 12 nitrogen and oxygen atoms in total. The van der Waals surface area contributed by atoms with Crippen LogP contribution in [-0.4, -0.2) is 84.4 Å². The minimum atomic E-state index is -4.35. The number of hydrogen-bond acceptors (Lipinski definition) is 9. The quantitative estimate of drug-likeness (QED) is 0.327. The van der Waals surface area contributed by atoms with Crippen molar-refractivity contribution in [1.29, 1.82) is 0 Å². The molecule has 2 N–H and O–H groups in total. The first kappa shape index (κ1) is 34.0. The Kier molecular flexibility index (Phi) is 10.1. The van der Waals surface area contributed by atoms with Crippen LogP contribution in [-0.2, 0) is 39.0 Å². The van der Waals surface area contributed by atoms with E-state index in [9.17, 15) is 26.8 Å². The van der Waals surface area contributed by atoms with E-state index in [2.05, 4.69) is 20.6 Å². The summed E-state index contributed by atoms with van der Waals surface area (Å²) >= 11 is 0. The molecular formula is C33H40F2N6O6S. The van der Waals surface area contributed by atoms with Crippen LogP contribution in [0.2, 0.25) is 0 Å². The zero-order chi connectivity index (χ0) is 34.0. The average molecular weight is 687 g/mol. The molecule has 3 aromatic rings. The lowest BCUT2D eigenvalue weighted by atomic mass is 10.0. The first-order chi connectivity index (χ1) is 23.0. The molecule has 0 bridgehead atoms. The van der Waals surface area contributed by atoms with Crippen LogP contribution >= 0.6 is 0 Å². The largest absolute Gasteiger partial charge is 0.445 e. The van der Waals surface area contributed by atoms with Crippen molar-refractivity contribution in [2.24, 2.45) is 0 Å². The minimum absolute atomic E-state index is 0.0146. The highest BCUT2D eigenvalue weighted by Crippen LogP contribution is 2.32. The number of sulfonamides is 1. The van der Waals surface area contributed by atoms with Gasteiger partial charge in [0.05, 0.1) is 22.3 Å². The molecule has 15 heteroatoms. The number of nitrogens with one attached hydrogen (secondary N) is 2. The molecule has 0 atom stereocenters. The first-order valence-corrected chi connectivity index (χ1v) is 17.7. The van der Waals surface area contributed by atoms with Crippen molar-refractivity contribution in [2.75, 3.05) is 43.5 Å². The molecule has 3 aliphatic rings. The van der Waals surface area contributed by atoms with E-state index in [1.54, 1.807) is 19.9 Å². The van der Waals surface area contributed by atoms with E-state index in [1.165, 1.54) is 0 Å². The van der Waals surface area contributed by atoms with Crippen LogP contribution in [0.4, 0.5) is 25.1 Å². The lowest BCUT2D eigenvalue weighted by Crippen LogP contribution is -2.37. The summed E-state index contributed by atoms with van der Waals surface area (Å²) in [7, 11) is -4.35. The second-order valence-corrected chi connectivity index (χ2v) is 14.6. The van der Waals surface area contributed by atoms with E-state index in [4.69, 9.17) is 9.47 Å². The summed E-state index contributed by atoms with van der Waals surface area (Å²) in [5.74, 6) is -2.58. The molecule has 2 aromatic carbocycles. The summed E-state index contributed by atoms with van der Waals surface area (Å²) in [5, 5.41) is 10.7. The molecule has 2 saturated heterocycles. The van der Waals surface area contributed by atoms with Gasteiger partial charge < -0.3 is 20.1 Å². The Hall–Kier alpha value is -3.92. The molecule has 2 fully saturated rings. The highest BCUT2D eigenvalue weighted by molar-refractivity contribution is 7.89. The number of fused-ring (bicyclic) bond motifs is 1. The van der Waals surface area contributed by atoms with Gasteiger partial charge in [0, 0.05) is 62.6 Å². The van der Waals surface area contributed by atoms with Gasteiger partial charge in [-0.25, -0.2) is 22.0 Å². The van der Waals surface area contributed by atoms with Gasteiger partial charge in [-0.3, -0.25) is 9.69 Å². The second-order valence-electron chi connectivity index (χ2n) is 12.7. The van der Waals surface area contributed by atoms with Gasteiger partial charge in [-0.1, -0.05) is 6.07 Å². The van der Waals surface area contributed by atoms with Crippen LogP contribution in [0.1, 0.15) is 66.7 Å². The fraction of sp³-hybridized carbons (Fsp3) is 0.485. The van der Waals surface area contributed by atoms with Crippen molar-refractivity contribution < 1.29 is 36.3 Å². The molecule has 0 spiro atoms. The van der Waals surface area contributed by atoms with Crippen LogP contribution in [0.25, 0.3) is 0 Å². The highest BCUT2D eigenvalue weighted by Gasteiger charge is 2.35. The molecule has 0 radical (unpaired) electrons. The van der Waals surface area contributed by atoms with Crippen LogP contribution in [0, 0.1) is 11.6 Å². The number of anilines is 2. The average Bonchev–Trinajstić information content (AvgIpc) is 3.68. The summed E-state index contributed by atoms with van der Waals surface area (Å²) in [6.45, 7) is 7.01. The number of likely N-dealkylation sites (tertiary alicyclic amines) is 1. The van der Waals surface area contributed by atoms with E-state index in [-0.39, 0.29) is 36.9 Å². The van der Waals surface area contributed by atoms with Crippen molar-refractivity contribution in [1.82, 2.24) is 19.0 Å². The maximum atomic E-state index is 14.0. The third-order valence-corrected chi connectivity index (χ3v) is 10.6. The van der Waals surface area contributed by atoms with Gasteiger partial charge >= 0.3 is 6.09 Å². The van der Waals surface area contributed by atoms with Gasteiger partial charge in [0.2, 0.25) is 10.0 Å². The molecule has 0 unspecified atom stereocenters. The molecule has 0 aliphatic carbocycles. The van der Waals surface area contributed by atoms with Gasteiger partial charge in [0.25, 0.3) is 5.91 Å². The number of rotatable bonds is 9. The summed E-state index contributed by atoms with van der Waals surface area (Å²) < 4.78 is 68.0. The number of aromatic nitrogens is 2. The lowest BCUT2D eigenvalue weighted by molar-refractivity contribution is 0.0904. The van der Waals surface area contributed by atoms with Crippen molar-refractivity contribution >= 4 is 33.5 Å². The standard InChI is InChI=1S/C33H40F2N6O6S/c1-21(2)47-33(43)41-30-7-12-40(48(44,45)26-17-23(34)16-24(35)18-26)20-28(30)31(38-41)37-32(42)27-6-5-22(19-39-10-3-4-11-39)15-29(27)36-25-8-13-46-14-9-25/h5-6,15-18,21,25,36H,3-4,7-14,19-20H2,1-2H3,(H,37,38,42). The third-order valence-electron chi connectivity index (χ3n) is 8.75. The van der Waals surface area contributed by atoms with Crippen molar-refractivity contribution in [2.45, 2.75) is 76.1 Å². The molecule has 6 rings (SSSR count). The number of nitrogens with zero attached hydrogens (tertiary/aromatic N) is 4. The predicted octanol–water partition coefficient (Wildman–Crippen LogP) is 4.74. The van der Waals surface area contributed by atoms with E-state index in [1.807, 2.05) is 12.1 Å². The summed E-state index contributed by atoms with van der Waals surface area (Å²) in [5.41, 5.74) is 2.72. The molecule has 4 heterocycles. The molecule has 3 aliphatic heterocycles. The van der Waals surface area contributed by atoms with E-state index in [0.717, 1.165) is 72.0 Å². The van der Waals surface area contributed by atoms with E-state index in [0.29, 0.717) is 36.2 Å². The number of amides is 1. The van der Waals surface area contributed by atoms with Crippen molar-refractivity contribution in [3.63, 3.8) is 0 Å². The zero-order valence-corrected chi connectivity index (χ0v) is 27.8. The number of carbonyl (C=O) groups is 2. The van der Waals surface area contributed by atoms with Crippen LogP contribution in [0.15, 0.2) is 41.3 Å². The third kappa shape index (κ3) is 7.53. The Morgan fingerprint density at radius 2 is 1.75 bits per heavy atom. The number of halogens is 2. The van der Waals surface area contributed by atoms with Crippen LogP contribution in [0.5, 0.6) is 0 Å². The summed E-state index contributed by atoms with van der Waals surface area (Å²) in [6, 6.07) is 7.87. The van der Waals surface area contributed by atoms with Crippen molar-refractivity contribution in [3.8, 4) is 0 Å². The number of carbonyl (C=O) groups excluding carboxylic acids is 2. The predicted molar refractivity (Wildman–Crippen MR) is 173 cm³/mol. The maximum Gasteiger partial charge on any atom is 0.435 e. The first-order valence-electron chi connectivity index (χ1n) is 16.3. The maximum absolute atomic E-state index is 14.0. The van der Waals surface area contributed by atoms with Crippen LogP contribution in [0.3, 0.4) is 0 Å². The summed E-state index contributed by atoms with van der Waals surface area (Å²) in [4.78, 5) is 28.9. The molecule has 1 amide bonds. The number of hydrogen-bond donors (Lipinski definition) is 2. The monoisotopic (exact) mass is 686 g/mol. The SMILES string of the molecule is CC(C)OC(=O)n1nc(NC(=O)c2ccc(CN3CCCC3)cc2NC2CCOCC2)c2c1CCN(S(=O)(=O)c1cc(F)cc(F)c1)C2. The molecular weight excluding hydrogens is 646 g/mol. The van der Waals surface area contributed by atoms with Gasteiger partial charge in [-0.2, -0.15) is 8.99 Å². The Balaban J connectivity index is 1.32. The molecule has 1 aromatic heterocycles. The number of ether oxygens (including phenoxy) is 2. The topological polar surface area (TPSA) is 135 Å². The fourth-order valence-electron chi connectivity index (χ4n) is 6.37. The second kappa shape index (κ2) is 14.3. The minimum Gasteiger partial charge on any atom is -0.445 e. The van der Waals surface area contributed by atoms with Crippen LogP contribution < -0.4 is 10.6 Å². The normalized spacial score (nSPS) is 17.8. The van der Waals surface area contributed by atoms with E-state index >= 15 is 0 Å². The fourth-order valence-corrected chi connectivity index (χ4v) is 7.82. The smallest absolute Gasteiger partial charge is 0.435 e. The van der Waals surface area contributed by atoms with Gasteiger partial charge in [-0.05, 0) is 82.4 Å². The Morgan fingerprint density at radius 3 is 2.44 bits per heavy atom. The van der Waals surface area contributed by atoms with Gasteiger partial charge in [-0.15, -0.1) is 5.10 Å². The molecule has 48 heavy (non-hydrogen) atoms.